The van der Waals surface area contributed by atoms with Crippen molar-refractivity contribution in [3.63, 3.8) is 0 Å². The van der Waals surface area contributed by atoms with E-state index in [4.69, 9.17) is 4.74 Å². The number of hydrogen-bond donors (Lipinski definition) is 0. The van der Waals surface area contributed by atoms with Gasteiger partial charge in [-0.25, -0.2) is 4.39 Å². The van der Waals surface area contributed by atoms with Gasteiger partial charge in [0.1, 0.15) is 0 Å². The quantitative estimate of drug-likeness (QED) is 0.836. The van der Waals surface area contributed by atoms with Crippen molar-refractivity contribution < 1.29 is 13.9 Å². The van der Waals surface area contributed by atoms with Crippen LogP contribution in [0.2, 0.25) is 0 Å². The van der Waals surface area contributed by atoms with Crippen molar-refractivity contribution in [2.24, 2.45) is 0 Å². The Hall–Kier alpha value is -2.40. The van der Waals surface area contributed by atoms with E-state index >= 15 is 0 Å². The van der Waals surface area contributed by atoms with Gasteiger partial charge in [-0.3, -0.25) is 9.69 Å². The van der Waals surface area contributed by atoms with Crippen LogP contribution in [-0.4, -0.2) is 37.6 Å². The molecule has 1 aliphatic heterocycles. The average molecular weight is 342 g/mol. The average Bonchev–Trinajstić information content (AvgIpc) is 3.04. The number of benzene rings is 2. The predicted octanol–water partition coefficient (Wildman–Crippen LogP) is 3.24. The zero-order valence-corrected chi connectivity index (χ0v) is 14.8. The van der Waals surface area contributed by atoms with Crippen LogP contribution >= 0.6 is 0 Å². The van der Waals surface area contributed by atoms with E-state index in [0.717, 1.165) is 17.7 Å². The lowest BCUT2D eigenvalue weighted by atomic mass is 10.1. The Bertz CT molecular complexity index is 778. The summed E-state index contributed by atoms with van der Waals surface area (Å²) in [6.45, 7) is 3.10. The van der Waals surface area contributed by atoms with Gasteiger partial charge in [0.15, 0.2) is 11.6 Å². The van der Waals surface area contributed by atoms with Crippen LogP contribution in [0.15, 0.2) is 42.5 Å². The summed E-state index contributed by atoms with van der Waals surface area (Å²) in [5.74, 6) is -0.0912. The normalized spacial score (nSPS) is 14.5. The molecule has 1 atom stereocenters. The first kappa shape index (κ1) is 17.4. The minimum Gasteiger partial charge on any atom is -0.494 e. The monoisotopic (exact) mass is 342 g/mol. The second kappa shape index (κ2) is 7.23. The molecule has 4 nitrogen and oxygen atoms in total. The molecule has 25 heavy (non-hydrogen) atoms. The number of nitrogens with zero attached hydrogens (tertiary/aromatic N) is 2. The summed E-state index contributed by atoms with van der Waals surface area (Å²) in [6, 6.07) is 12.6. The van der Waals surface area contributed by atoms with Crippen molar-refractivity contribution in [2.75, 3.05) is 25.6 Å². The highest BCUT2D eigenvalue weighted by molar-refractivity contribution is 5.98. The molecule has 0 fully saturated rings. The van der Waals surface area contributed by atoms with E-state index < -0.39 is 0 Å². The highest BCUT2D eigenvalue weighted by Gasteiger charge is 2.29. The summed E-state index contributed by atoms with van der Waals surface area (Å²) < 4.78 is 18.8. The Labute approximate surface area is 147 Å². The van der Waals surface area contributed by atoms with Crippen LogP contribution < -0.4 is 9.64 Å². The smallest absolute Gasteiger partial charge is 0.244 e. The van der Waals surface area contributed by atoms with Crippen LogP contribution in [-0.2, 0) is 17.8 Å². The number of halogens is 1. The molecule has 2 aromatic carbocycles. The minimum absolute atomic E-state index is 0.0708. The maximum absolute atomic E-state index is 13.9. The number of likely N-dealkylation sites (N-methyl/N-ethyl adjacent to an activating group) is 1. The number of anilines is 1. The summed E-state index contributed by atoms with van der Waals surface area (Å²) in [4.78, 5) is 16.7. The van der Waals surface area contributed by atoms with Gasteiger partial charge in [0.05, 0.1) is 13.2 Å². The predicted molar refractivity (Wildman–Crippen MR) is 96.4 cm³/mol. The third-order valence-electron chi connectivity index (χ3n) is 4.82. The number of methoxy groups -OCH3 is 1. The van der Waals surface area contributed by atoms with Crippen LogP contribution in [0, 0.1) is 5.82 Å². The molecule has 0 bridgehead atoms. The second-order valence-corrected chi connectivity index (χ2v) is 6.43. The molecule has 1 aliphatic rings. The van der Waals surface area contributed by atoms with Crippen LogP contribution in [0.1, 0.15) is 18.1 Å². The van der Waals surface area contributed by atoms with Crippen molar-refractivity contribution in [1.82, 2.24) is 4.90 Å². The van der Waals surface area contributed by atoms with Gasteiger partial charge in [-0.15, -0.1) is 0 Å². The minimum atomic E-state index is -0.388. The number of carbonyl (C=O) groups excluding carboxylic acids is 1. The molecule has 3 rings (SSSR count). The number of ether oxygens (including phenoxy) is 1. The molecular formula is C20H23FN2O2. The molecule has 0 aromatic heterocycles. The van der Waals surface area contributed by atoms with Gasteiger partial charge >= 0.3 is 0 Å². The lowest BCUT2D eigenvalue weighted by Crippen LogP contribution is -2.45. The summed E-state index contributed by atoms with van der Waals surface area (Å²) in [6.07, 6.45) is 0.891. The molecule has 0 aliphatic carbocycles. The highest BCUT2D eigenvalue weighted by Crippen LogP contribution is 2.28. The lowest BCUT2D eigenvalue weighted by Gasteiger charge is -2.28. The molecule has 0 N–H and O–H groups in total. The number of para-hydroxylation sites is 1. The maximum atomic E-state index is 13.9. The number of amides is 1. The van der Waals surface area contributed by atoms with Gasteiger partial charge in [0, 0.05) is 18.8 Å². The van der Waals surface area contributed by atoms with Crippen molar-refractivity contribution >= 4 is 11.6 Å². The topological polar surface area (TPSA) is 32.8 Å². The first-order chi connectivity index (χ1) is 12.0. The molecule has 0 radical (unpaired) electrons. The summed E-state index contributed by atoms with van der Waals surface area (Å²) in [5.41, 5.74) is 3.02. The largest absolute Gasteiger partial charge is 0.494 e. The standard InChI is InChI=1S/C20H23FN2O2/c1-14(20(24)23-11-10-16-6-4-5-7-18(16)23)22(2)13-15-8-9-19(25-3)17(21)12-15/h4-9,12,14H,10-11,13H2,1-3H3/t14-/m1/s1. The van der Waals surface area contributed by atoms with E-state index in [9.17, 15) is 9.18 Å². The molecule has 5 heteroatoms. The maximum Gasteiger partial charge on any atom is 0.244 e. The molecule has 1 amide bonds. The summed E-state index contributed by atoms with van der Waals surface area (Å²) in [5, 5.41) is 0. The van der Waals surface area contributed by atoms with Crippen molar-refractivity contribution in [3.8, 4) is 5.75 Å². The van der Waals surface area contributed by atoms with Crippen molar-refractivity contribution in [2.45, 2.75) is 25.9 Å². The van der Waals surface area contributed by atoms with Gasteiger partial charge in [0.2, 0.25) is 5.91 Å². The van der Waals surface area contributed by atoms with E-state index in [1.807, 2.05) is 48.0 Å². The highest BCUT2D eigenvalue weighted by atomic mass is 19.1. The van der Waals surface area contributed by atoms with Crippen LogP contribution in [0.25, 0.3) is 0 Å². The molecule has 0 saturated heterocycles. The fraction of sp³-hybridized carbons (Fsp3) is 0.350. The van der Waals surface area contributed by atoms with Crippen molar-refractivity contribution in [3.05, 3.63) is 59.4 Å². The van der Waals surface area contributed by atoms with Gasteiger partial charge in [-0.1, -0.05) is 24.3 Å². The zero-order valence-electron chi connectivity index (χ0n) is 14.8. The third-order valence-corrected chi connectivity index (χ3v) is 4.82. The number of fused-ring (bicyclic) bond motifs is 1. The van der Waals surface area contributed by atoms with Crippen LogP contribution in [0.4, 0.5) is 10.1 Å². The fourth-order valence-corrected chi connectivity index (χ4v) is 3.21. The van der Waals surface area contributed by atoms with E-state index in [2.05, 4.69) is 6.07 Å². The molecule has 2 aromatic rings. The van der Waals surface area contributed by atoms with Gasteiger partial charge < -0.3 is 9.64 Å². The molecule has 0 spiro atoms. The Morgan fingerprint density at radius 2 is 2.08 bits per heavy atom. The molecular weight excluding hydrogens is 319 g/mol. The van der Waals surface area contributed by atoms with Crippen molar-refractivity contribution in [1.29, 1.82) is 0 Å². The molecule has 0 saturated carbocycles. The SMILES string of the molecule is COc1ccc(CN(C)[C@H](C)C(=O)N2CCc3ccccc32)cc1F. The second-order valence-electron chi connectivity index (χ2n) is 6.43. The van der Waals surface area contributed by atoms with E-state index in [0.29, 0.717) is 13.1 Å². The Morgan fingerprint density at radius 3 is 2.80 bits per heavy atom. The zero-order chi connectivity index (χ0) is 18.0. The Balaban J connectivity index is 1.69. The van der Waals surface area contributed by atoms with Gasteiger partial charge in [-0.05, 0) is 49.7 Å². The Morgan fingerprint density at radius 1 is 1.32 bits per heavy atom. The number of rotatable bonds is 5. The lowest BCUT2D eigenvalue weighted by molar-refractivity contribution is -0.122. The summed E-state index contributed by atoms with van der Waals surface area (Å²) >= 11 is 0. The number of hydrogen-bond acceptors (Lipinski definition) is 3. The number of carbonyl (C=O) groups is 1. The van der Waals surface area contributed by atoms with Crippen LogP contribution in [0.5, 0.6) is 5.75 Å². The fourth-order valence-electron chi connectivity index (χ4n) is 3.21. The first-order valence-electron chi connectivity index (χ1n) is 8.43. The van der Waals surface area contributed by atoms with E-state index in [1.165, 1.54) is 18.7 Å². The van der Waals surface area contributed by atoms with Gasteiger partial charge in [-0.2, -0.15) is 0 Å². The first-order valence-corrected chi connectivity index (χ1v) is 8.43. The molecule has 1 heterocycles. The summed E-state index contributed by atoms with van der Waals surface area (Å²) in [7, 11) is 3.32. The Kier molecular flexibility index (Phi) is 5.04. The molecule has 132 valence electrons. The van der Waals surface area contributed by atoms with E-state index in [-0.39, 0.29) is 23.5 Å². The van der Waals surface area contributed by atoms with Gasteiger partial charge in [0.25, 0.3) is 0 Å². The van der Waals surface area contributed by atoms with E-state index in [1.54, 1.807) is 6.07 Å². The van der Waals surface area contributed by atoms with Crippen LogP contribution in [0.3, 0.4) is 0 Å². The third kappa shape index (κ3) is 3.51. The molecule has 0 unspecified atom stereocenters.